The minimum atomic E-state index is -0.156. The van der Waals surface area contributed by atoms with Gasteiger partial charge in [0.05, 0.1) is 5.56 Å². The Labute approximate surface area is 143 Å². The van der Waals surface area contributed by atoms with Crippen molar-refractivity contribution >= 4 is 39.1 Å². The van der Waals surface area contributed by atoms with E-state index in [0.717, 1.165) is 21.4 Å². The van der Waals surface area contributed by atoms with Crippen LogP contribution in [0.25, 0.3) is 0 Å². The van der Waals surface area contributed by atoms with Crippen LogP contribution in [0.15, 0.2) is 46.9 Å². The Morgan fingerprint density at radius 2 is 2.00 bits per heavy atom. The number of carbonyl (C=O) groups excluding carboxylic acids is 2. The molecule has 1 heterocycles. The molecule has 0 saturated heterocycles. The van der Waals surface area contributed by atoms with Crippen molar-refractivity contribution < 1.29 is 9.59 Å². The Balaban J connectivity index is 1.84. The van der Waals surface area contributed by atoms with Gasteiger partial charge >= 0.3 is 0 Å². The first kappa shape index (κ1) is 15.7. The van der Waals surface area contributed by atoms with E-state index in [-0.39, 0.29) is 11.8 Å². The molecule has 0 bridgehead atoms. The topological polar surface area (TPSA) is 49.4 Å². The maximum Gasteiger partial charge on any atom is 0.256 e. The van der Waals surface area contributed by atoms with E-state index in [4.69, 9.17) is 0 Å². The van der Waals surface area contributed by atoms with Crippen molar-refractivity contribution in [2.24, 2.45) is 0 Å². The zero-order valence-electron chi connectivity index (χ0n) is 12.8. The standard InChI is InChI=1S/C18H17BrN2O2/c1-2-21-16-9-8-13(11-12(16)7-10-17(21)22)20-18(23)14-5-3-4-6-15(14)19/h3-6,8-9,11H,2,7,10H2,1H3,(H,20,23). The summed E-state index contributed by atoms with van der Waals surface area (Å²) in [6.07, 6.45) is 1.23. The lowest BCUT2D eigenvalue weighted by Crippen LogP contribution is -2.34. The number of aryl methyl sites for hydroxylation is 1. The monoisotopic (exact) mass is 372 g/mol. The lowest BCUT2D eigenvalue weighted by Gasteiger charge is -2.28. The summed E-state index contributed by atoms with van der Waals surface area (Å²) in [5.41, 5.74) is 3.38. The number of anilines is 2. The van der Waals surface area contributed by atoms with Crippen LogP contribution in [0.5, 0.6) is 0 Å². The van der Waals surface area contributed by atoms with Gasteiger partial charge in [0.25, 0.3) is 5.91 Å². The fourth-order valence-corrected chi connectivity index (χ4v) is 3.29. The minimum absolute atomic E-state index is 0.156. The summed E-state index contributed by atoms with van der Waals surface area (Å²) >= 11 is 3.39. The SMILES string of the molecule is CCN1C(=O)CCc2cc(NC(=O)c3ccccc3Br)ccc21. The van der Waals surface area contributed by atoms with Gasteiger partial charge in [-0.2, -0.15) is 0 Å². The summed E-state index contributed by atoms with van der Waals surface area (Å²) in [4.78, 5) is 26.1. The van der Waals surface area contributed by atoms with Gasteiger partial charge in [-0.1, -0.05) is 12.1 Å². The normalized spacial score (nSPS) is 13.7. The second-order valence-corrected chi connectivity index (χ2v) is 6.27. The maximum absolute atomic E-state index is 12.4. The Morgan fingerprint density at radius 3 is 2.74 bits per heavy atom. The second kappa shape index (κ2) is 6.54. The lowest BCUT2D eigenvalue weighted by molar-refractivity contribution is -0.118. The molecule has 0 saturated carbocycles. The molecule has 23 heavy (non-hydrogen) atoms. The molecule has 2 aromatic rings. The molecule has 2 aromatic carbocycles. The first-order valence-corrected chi connectivity index (χ1v) is 8.38. The van der Waals surface area contributed by atoms with Crippen molar-refractivity contribution in [3.8, 4) is 0 Å². The summed E-state index contributed by atoms with van der Waals surface area (Å²) in [6, 6.07) is 13.0. The average Bonchev–Trinajstić information content (AvgIpc) is 2.55. The molecule has 4 nitrogen and oxygen atoms in total. The van der Waals surface area contributed by atoms with Gasteiger partial charge in [0.1, 0.15) is 0 Å². The number of nitrogens with zero attached hydrogens (tertiary/aromatic N) is 1. The molecule has 0 radical (unpaired) electrons. The molecule has 118 valence electrons. The van der Waals surface area contributed by atoms with E-state index in [1.807, 2.05) is 43.3 Å². The Hall–Kier alpha value is -2.14. The molecule has 0 aromatic heterocycles. The molecule has 0 fully saturated rings. The fraction of sp³-hybridized carbons (Fsp3) is 0.222. The van der Waals surface area contributed by atoms with E-state index >= 15 is 0 Å². The summed E-state index contributed by atoms with van der Waals surface area (Å²) in [7, 11) is 0. The summed E-state index contributed by atoms with van der Waals surface area (Å²) < 4.78 is 0.762. The first-order chi connectivity index (χ1) is 11.1. The molecule has 0 aliphatic carbocycles. The third-order valence-corrected chi connectivity index (χ3v) is 4.66. The van der Waals surface area contributed by atoms with Crippen LogP contribution in [-0.2, 0) is 11.2 Å². The number of amides is 2. The number of rotatable bonds is 3. The van der Waals surface area contributed by atoms with Crippen molar-refractivity contribution in [1.82, 2.24) is 0 Å². The van der Waals surface area contributed by atoms with Gasteiger partial charge in [-0.15, -0.1) is 0 Å². The molecule has 3 rings (SSSR count). The second-order valence-electron chi connectivity index (χ2n) is 5.42. The summed E-state index contributed by atoms with van der Waals surface area (Å²) in [5.74, 6) is 0.00154. The Bertz CT molecular complexity index is 773. The van der Waals surface area contributed by atoms with E-state index in [1.54, 1.807) is 11.0 Å². The Kier molecular flexibility index (Phi) is 4.48. The quantitative estimate of drug-likeness (QED) is 0.884. The van der Waals surface area contributed by atoms with Crippen LogP contribution in [0.4, 0.5) is 11.4 Å². The van der Waals surface area contributed by atoms with Gasteiger partial charge in [0, 0.05) is 28.8 Å². The van der Waals surface area contributed by atoms with Crippen molar-refractivity contribution in [3.63, 3.8) is 0 Å². The molecule has 1 N–H and O–H groups in total. The largest absolute Gasteiger partial charge is 0.322 e. The highest BCUT2D eigenvalue weighted by Gasteiger charge is 2.23. The van der Waals surface area contributed by atoms with Crippen LogP contribution in [0, 0.1) is 0 Å². The summed E-state index contributed by atoms with van der Waals surface area (Å²) in [5, 5.41) is 2.92. The van der Waals surface area contributed by atoms with Crippen LogP contribution in [0.1, 0.15) is 29.3 Å². The number of nitrogens with one attached hydrogen (secondary N) is 1. The van der Waals surface area contributed by atoms with Gasteiger partial charge in [-0.3, -0.25) is 9.59 Å². The van der Waals surface area contributed by atoms with Gasteiger partial charge in [-0.25, -0.2) is 0 Å². The third-order valence-electron chi connectivity index (χ3n) is 3.97. The van der Waals surface area contributed by atoms with Crippen LogP contribution in [-0.4, -0.2) is 18.4 Å². The van der Waals surface area contributed by atoms with Gasteiger partial charge in [0.2, 0.25) is 5.91 Å². The fourth-order valence-electron chi connectivity index (χ4n) is 2.83. The highest BCUT2D eigenvalue weighted by atomic mass is 79.9. The maximum atomic E-state index is 12.4. The predicted molar refractivity (Wildman–Crippen MR) is 94.9 cm³/mol. The highest BCUT2D eigenvalue weighted by molar-refractivity contribution is 9.10. The molecule has 0 spiro atoms. The number of benzene rings is 2. The first-order valence-electron chi connectivity index (χ1n) is 7.59. The van der Waals surface area contributed by atoms with E-state index < -0.39 is 0 Å². The van der Waals surface area contributed by atoms with Crippen LogP contribution >= 0.6 is 15.9 Å². The van der Waals surface area contributed by atoms with Crippen LogP contribution in [0.2, 0.25) is 0 Å². The summed E-state index contributed by atoms with van der Waals surface area (Å²) in [6.45, 7) is 2.63. The zero-order chi connectivity index (χ0) is 16.4. The average molecular weight is 373 g/mol. The van der Waals surface area contributed by atoms with Gasteiger partial charge < -0.3 is 10.2 Å². The smallest absolute Gasteiger partial charge is 0.256 e. The lowest BCUT2D eigenvalue weighted by atomic mass is 10.0. The van der Waals surface area contributed by atoms with E-state index in [9.17, 15) is 9.59 Å². The minimum Gasteiger partial charge on any atom is -0.322 e. The van der Waals surface area contributed by atoms with Crippen molar-refractivity contribution in [2.75, 3.05) is 16.8 Å². The van der Waals surface area contributed by atoms with Gasteiger partial charge in [0.15, 0.2) is 0 Å². The number of hydrogen-bond donors (Lipinski definition) is 1. The van der Waals surface area contributed by atoms with Crippen LogP contribution in [0.3, 0.4) is 0 Å². The number of carbonyl (C=O) groups is 2. The molecule has 5 heteroatoms. The molecule has 0 unspecified atom stereocenters. The van der Waals surface area contributed by atoms with E-state index in [2.05, 4.69) is 21.2 Å². The molecule has 0 atom stereocenters. The molecular formula is C18H17BrN2O2. The highest BCUT2D eigenvalue weighted by Crippen LogP contribution is 2.30. The molecule has 1 aliphatic heterocycles. The van der Waals surface area contributed by atoms with Crippen LogP contribution < -0.4 is 10.2 Å². The number of fused-ring (bicyclic) bond motifs is 1. The van der Waals surface area contributed by atoms with Gasteiger partial charge in [-0.05, 0) is 65.2 Å². The Morgan fingerprint density at radius 1 is 1.22 bits per heavy atom. The van der Waals surface area contributed by atoms with E-state index in [0.29, 0.717) is 24.9 Å². The zero-order valence-corrected chi connectivity index (χ0v) is 14.4. The molecule has 2 amide bonds. The number of hydrogen-bond acceptors (Lipinski definition) is 2. The third kappa shape index (κ3) is 3.15. The molecular weight excluding hydrogens is 356 g/mol. The van der Waals surface area contributed by atoms with Crippen molar-refractivity contribution in [1.29, 1.82) is 0 Å². The predicted octanol–water partition coefficient (Wildman–Crippen LogP) is 4.00. The van der Waals surface area contributed by atoms with Crippen molar-refractivity contribution in [2.45, 2.75) is 19.8 Å². The number of halogens is 1. The molecule has 1 aliphatic rings. The van der Waals surface area contributed by atoms with Crippen molar-refractivity contribution in [3.05, 3.63) is 58.1 Å². The van der Waals surface area contributed by atoms with E-state index in [1.165, 1.54) is 0 Å².